The molecule has 182 valence electrons. The first-order valence-electron chi connectivity index (χ1n) is 10.8. The number of carbonyl (C=O) groups excluding carboxylic acids is 2. The van der Waals surface area contributed by atoms with Gasteiger partial charge in [-0.2, -0.15) is 0 Å². The standard InChI is InChI=1S/C26H26N2O5S2/c1-14-7-12-18-17(13-14)19(25-34-20(23(29)32-5)21(35-25)24(30)33-6)22(26(2,3)28-18)27-15-8-10-16(31-4)11-9-15/h7-13,28H,1-6H3. The SMILES string of the molecule is COC(=O)C1=C(C(=O)OC)SC(=C2C(=Nc3ccc(OC)cc3)C(C)(C)Nc3ccc(C)cc32)S1. The summed E-state index contributed by atoms with van der Waals surface area (Å²) in [6.45, 7) is 6.13. The third kappa shape index (κ3) is 4.83. The van der Waals surface area contributed by atoms with Crippen LogP contribution in [-0.4, -0.2) is 44.5 Å². The van der Waals surface area contributed by atoms with Crippen molar-refractivity contribution in [2.24, 2.45) is 4.99 Å². The minimum Gasteiger partial charge on any atom is -0.497 e. The Labute approximate surface area is 213 Å². The Hall–Kier alpha value is -3.17. The Balaban J connectivity index is 1.95. The van der Waals surface area contributed by atoms with Gasteiger partial charge in [0.2, 0.25) is 0 Å². The highest BCUT2D eigenvalue weighted by atomic mass is 32.2. The van der Waals surface area contributed by atoms with E-state index in [1.54, 1.807) is 7.11 Å². The summed E-state index contributed by atoms with van der Waals surface area (Å²) in [5.74, 6) is -0.416. The van der Waals surface area contributed by atoms with Crippen molar-refractivity contribution in [3.05, 3.63) is 67.6 Å². The summed E-state index contributed by atoms with van der Waals surface area (Å²) in [7, 11) is 4.21. The Morgan fingerprint density at radius 1 is 0.914 bits per heavy atom. The summed E-state index contributed by atoms with van der Waals surface area (Å²) in [6.07, 6.45) is 0. The second kappa shape index (κ2) is 9.83. The van der Waals surface area contributed by atoms with E-state index in [2.05, 4.69) is 25.2 Å². The fraction of sp³-hybridized carbons (Fsp3) is 0.269. The van der Waals surface area contributed by atoms with E-state index in [9.17, 15) is 9.59 Å². The van der Waals surface area contributed by atoms with E-state index in [0.29, 0.717) is 0 Å². The topological polar surface area (TPSA) is 86.2 Å². The molecule has 4 rings (SSSR count). The highest BCUT2D eigenvalue weighted by Crippen LogP contribution is 2.55. The molecule has 0 saturated carbocycles. The van der Waals surface area contributed by atoms with Crippen molar-refractivity contribution in [1.29, 1.82) is 0 Å². The Bertz CT molecular complexity index is 1260. The number of fused-ring (bicyclic) bond motifs is 1. The van der Waals surface area contributed by atoms with E-state index >= 15 is 0 Å². The van der Waals surface area contributed by atoms with Crippen LogP contribution in [0.2, 0.25) is 0 Å². The predicted octanol–water partition coefficient (Wildman–Crippen LogP) is 5.69. The van der Waals surface area contributed by atoms with E-state index in [-0.39, 0.29) is 9.81 Å². The zero-order valence-corrected chi connectivity index (χ0v) is 22.0. The van der Waals surface area contributed by atoms with Gasteiger partial charge < -0.3 is 19.5 Å². The number of nitrogens with one attached hydrogen (secondary N) is 1. The molecular weight excluding hydrogens is 484 g/mol. The van der Waals surface area contributed by atoms with Crippen LogP contribution in [0.4, 0.5) is 11.4 Å². The van der Waals surface area contributed by atoms with E-state index in [1.807, 2.05) is 43.3 Å². The summed E-state index contributed by atoms with van der Waals surface area (Å²) in [5.41, 5.74) is 4.82. The molecule has 0 radical (unpaired) electrons. The van der Waals surface area contributed by atoms with Crippen LogP contribution >= 0.6 is 23.5 Å². The number of rotatable bonds is 4. The smallest absolute Gasteiger partial charge is 0.346 e. The van der Waals surface area contributed by atoms with Gasteiger partial charge in [0, 0.05) is 16.8 Å². The molecule has 7 nitrogen and oxygen atoms in total. The summed E-state index contributed by atoms with van der Waals surface area (Å²) in [5, 5.41) is 3.60. The molecule has 2 aromatic carbocycles. The second-order valence-electron chi connectivity index (χ2n) is 8.47. The fourth-order valence-corrected chi connectivity index (χ4v) is 6.44. The van der Waals surface area contributed by atoms with E-state index in [4.69, 9.17) is 19.2 Å². The highest BCUT2D eigenvalue weighted by molar-refractivity contribution is 8.29. The van der Waals surface area contributed by atoms with Gasteiger partial charge in [-0.1, -0.05) is 35.2 Å². The number of aliphatic imine (C=N–C) groups is 1. The maximum absolute atomic E-state index is 12.5. The molecule has 2 aromatic rings. The van der Waals surface area contributed by atoms with Crippen LogP contribution in [-0.2, 0) is 19.1 Å². The molecule has 0 bridgehead atoms. The summed E-state index contributed by atoms with van der Waals surface area (Å²) >= 11 is 2.42. The quantitative estimate of drug-likeness (QED) is 0.525. The average molecular weight is 511 g/mol. The molecule has 2 aliphatic rings. The van der Waals surface area contributed by atoms with Gasteiger partial charge >= 0.3 is 11.9 Å². The third-order valence-corrected chi connectivity index (χ3v) is 8.13. The molecule has 0 aliphatic carbocycles. The van der Waals surface area contributed by atoms with Crippen LogP contribution < -0.4 is 10.1 Å². The molecule has 0 spiro atoms. The normalized spacial score (nSPS) is 17.7. The molecule has 0 unspecified atom stereocenters. The number of hydrogen-bond donors (Lipinski definition) is 1. The van der Waals surface area contributed by atoms with Gasteiger partial charge in [0.25, 0.3) is 0 Å². The fourth-order valence-electron chi connectivity index (χ4n) is 3.85. The summed E-state index contributed by atoms with van der Waals surface area (Å²) in [6, 6.07) is 13.7. The van der Waals surface area contributed by atoms with Crippen molar-refractivity contribution < 1.29 is 23.8 Å². The van der Waals surface area contributed by atoms with Gasteiger partial charge in [-0.15, -0.1) is 0 Å². The number of anilines is 1. The number of methoxy groups -OCH3 is 3. The number of carbonyl (C=O) groups is 2. The maximum Gasteiger partial charge on any atom is 0.346 e. The lowest BCUT2D eigenvalue weighted by molar-refractivity contribution is -0.138. The molecule has 1 N–H and O–H groups in total. The van der Waals surface area contributed by atoms with Crippen LogP contribution in [0.1, 0.15) is 25.0 Å². The van der Waals surface area contributed by atoms with Crippen LogP contribution in [0.15, 0.2) is 61.5 Å². The molecule has 2 aliphatic heterocycles. The van der Waals surface area contributed by atoms with Crippen LogP contribution in [0, 0.1) is 6.92 Å². The van der Waals surface area contributed by atoms with Gasteiger partial charge in [0.15, 0.2) is 0 Å². The molecule has 0 fully saturated rings. The van der Waals surface area contributed by atoms with Crippen LogP contribution in [0.3, 0.4) is 0 Å². The molecular formula is C26H26N2O5S2. The molecule has 9 heteroatoms. The number of thioether (sulfide) groups is 2. The number of benzene rings is 2. The van der Waals surface area contributed by atoms with Crippen molar-refractivity contribution in [1.82, 2.24) is 0 Å². The summed E-state index contributed by atoms with van der Waals surface area (Å²) in [4.78, 5) is 30.5. The predicted molar refractivity (Wildman–Crippen MR) is 142 cm³/mol. The zero-order valence-electron chi connectivity index (χ0n) is 20.3. The molecule has 0 aromatic heterocycles. The van der Waals surface area contributed by atoms with E-state index in [0.717, 1.165) is 43.8 Å². The monoisotopic (exact) mass is 510 g/mol. The Kier molecular flexibility index (Phi) is 7.00. The van der Waals surface area contributed by atoms with Crippen LogP contribution in [0.25, 0.3) is 5.57 Å². The first kappa shape index (κ1) is 24.9. The lowest BCUT2D eigenvalue weighted by Gasteiger charge is -2.38. The first-order chi connectivity index (χ1) is 16.7. The lowest BCUT2D eigenvalue weighted by Crippen LogP contribution is -2.44. The number of aryl methyl sites for hydroxylation is 1. The largest absolute Gasteiger partial charge is 0.497 e. The molecule has 0 atom stereocenters. The number of nitrogens with zero attached hydrogens (tertiary/aromatic N) is 1. The molecule has 35 heavy (non-hydrogen) atoms. The average Bonchev–Trinajstić information content (AvgIpc) is 3.29. The minimum absolute atomic E-state index is 0.209. The third-order valence-electron chi connectivity index (χ3n) is 5.58. The van der Waals surface area contributed by atoms with Gasteiger partial charge in [-0.3, -0.25) is 4.99 Å². The summed E-state index contributed by atoms with van der Waals surface area (Å²) < 4.78 is 16.0. The van der Waals surface area contributed by atoms with Gasteiger partial charge in [-0.25, -0.2) is 9.59 Å². The van der Waals surface area contributed by atoms with E-state index in [1.165, 1.54) is 37.7 Å². The van der Waals surface area contributed by atoms with Crippen molar-refractivity contribution >= 4 is 58.1 Å². The number of ether oxygens (including phenoxy) is 3. The van der Waals surface area contributed by atoms with Gasteiger partial charge in [0.1, 0.15) is 15.6 Å². The second-order valence-corrected chi connectivity index (χ2v) is 10.8. The maximum atomic E-state index is 12.5. The molecule has 2 heterocycles. The first-order valence-corrected chi connectivity index (χ1v) is 12.5. The minimum atomic E-state index is -0.579. The van der Waals surface area contributed by atoms with Crippen molar-refractivity contribution in [2.75, 3.05) is 26.6 Å². The Morgan fingerprint density at radius 2 is 1.51 bits per heavy atom. The molecule has 0 amide bonds. The van der Waals surface area contributed by atoms with E-state index < -0.39 is 17.5 Å². The number of hydrogen-bond acceptors (Lipinski definition) is 9. The Morgan fingerprint density at radius 3 is 2.06 bits per heavy atom. The molecule has 0 saturated heterocycles. The van der Waals surface area contributed by atoms with Crippen molar-refractivity contribution in [3.63, 3.8) is 0 Å². The zero-order chi connectivity index (χ0) is 25.3. The van der Waals surface area contributed by atoms with Crippen molar-refractivity contribution in [2.45, 2.75) is 26.3 Å². The number of esters is 2. The van der Waals surface area contributed by atoms with Crippen molar-refractivity contribution in [3.8, 4) is 5.75 Å². The van der Waals surface area contributed by atoms with Gasteiger partial charge in [-0.05, 0) is 57.2 Å². The highest BCUT2D eigenvalue weighted by Gasteiger charge is 2.41. The van der Waals surface area contributed by atoms with Gasteiger partial charge in [0.05, 0.1) is 42.5 Å². The van der Waals surface area contributed by atoms with Crippen LogP contribution in [0.5, 0.6) is 5.75 Å². The lowest BCUT2D eigenvalue weighted by atomic mass is 9.83.